The topological polar surface area (TPSA) is 58.7 Å². The molecule has 0 heterocycles. The van der Waals surface area contributed by atoms with Crippen LogP contribution in [-0.2, 0) is 6.54 Å². The van der Waals surface area contributed by atoms with Crippen LogP contribution in [0.15, 0.2) is 18.2 Å². The van der Waals surface area contributed by atoms with Gasteiger partial charge in [0, 0.05) is 19.6 Å². The molecule has 0 spiro atoms. The van der Waals surface area contributed by atoms with Crippen molar-refractivity contribution in [3.63, 3.8) is 0 Å². The van der Waals surface area contributed by atoms with Gasteiger partial charge in [-0.25, -0.2) is 0 Å². The van der Waals surface area contributed by atoms with Gasteiger partial charge in [0.25, 0.3) is 0 Å². The summed E-state index contributed by atoms with van der Waals surface area (Å²) in [5.74, 6) is 0.677. The summed E-state index contributed by atoms with van der Waals surface area (Å²) in [6.07, 6.45) is 0. The van der Waals surface area contributed by atoms with E-state index in [2.05, 4.69) is 4.90 Å². The molecule has 0 aromatic heterocycles. The van der Waals surface area contributed by atoms with Crippen LogP contribution in [0.4, 0.5) is 0 Å². The summed E-state index contributed by atoms with van der Waals surface area (Å²) in [5.41, 5.74) is 6.49. The number of nitrogens with zero attached hydrogens (tertiary/aromatic N) is 1. The van der Waals surface area contributed by atoms with Crippen molar-refractivity contribution in [1.82, 2.24) is 4.90 Å². The molecular formula is C11H18N2O2. The molecule has 15 heavy (non-hydrogen) atoms. The average molecular weight is 210 g/mol. The van der Waals surface area contributed by atoms with Gasteiger partial charge in [-0.05, 0) is 24.7 Å². The fraction of sp³-hybridized carbons (Fsp3) is 0.455. The number of methoxy groups -OCH3 is 1. The van der Waals surface area contributed by atoms with Crippen molar-refractivity contribution in [2.24, 2.45) is 5.73 Å². The number of ether oxygens (including phenoxy) is 1. The first-order valence-corrected chi connectivity index (χ1v) is 4.92. The van der Waals surface area contributed by atoms with Crippen LogP contribution >= 0.6 is 0 Å². The van der Waals surface area contributed by atoms with Crippen LogP contribution in [0.1, 0.15) is 5.56 Å². The lowest BCUT2D eigenvalue weighted by Gasteiger charge is -2.15. The summed E-state index contributed by atoms with van der Waals surface area (Å²) in [7, 11) is 3.53. The van der Waals surface area contributed by atoms with Crippen LogP contribution < -0.4 is 10.5 Å². The molecular weight excluding hydrogens is 192 g/mol. The second-order valence-corrected chi connectivity index (χ2v) is 3.53. The Kier molecular flexibility index (Phi) is 4.39. The zero-order valence-electron chi connectivity index (χ0n) is 9.23. The number of nitrogens with two attached hydrogens (primary N) is 1. The molecule has 4 nitrogen and oxygen atoms in total. The number of phenols is 1. The Morgan fingerprint density at radius 3 is 2.73 bits per heavy atom. The van der Waals surface area contributed by atoms with Gasteiger partial charge in [0.15, 0.2) is 11.5 Å². The van der Waals surface area contributed by atoms with Crippen LogP contribution in [0.25, 0.3) is 0 Å². The van der Waals surface area contributed by atoms with Crippen LogP contribution in [0.5, 0.6) is 11.5 Å². The van der Waals surface area contributed by atoms with Crippen molar-refractivity contribution in [3.05, 3.63) is 23.8 Å². The molecule has 1 aromatic rings. The van der Waals surface area contributed by atoms with Crippen LogP contribution in [0.2, 0.25) is 0 Å². The minimum Gasteiger partial charge on any atom is -0.504 e. The lowest BCUT2D eigenvalue weighted by atomic mass is 10.2. The minimum absolute atomic E-state index is 0.177. The van der Waals surface area contributed by atoms with Gasteiger partial charge in [0.2, 0.25) is 0 Å². The maximum absolute atomic E-state index is 9.57. The molecule has 0 atom stereocenters. The first kappa shape index (κ1) is 11.8. The van der Waals surface area contributed by atoms with Crippen molar-refractivity contribution in [3.8, 4) is 11.5 Å². The van der Waals surface area contributed by atoms with E-state index in [9.17, 15) is 5.11 Å². The third-order valence-electron chi connectivity index (χ3n) is 2.21. The highest BCUT2D eigenvalue weighted by Gasteiger charge is 2.04. The molecule has 0 unspecified atom stereocenters. The van der Waals surface area contributed by atoms with E-state index in [1.807, 2.05) is 13.1 Å². The first-order chi connectivity index (χ1) is 7.17. The highest BCUT2D eigenvalue weighted by Crippen LogP contribution is 2.26. The average Bonchev–Trinajstić information content (AvgIpc) is 2.18. The number of aromatic hydroxyl groups is 1. The molecule has 3 N–H and O–H groups in total. The Morgan fingerprint density at radius 2 is 2.20 bits per heavy atom. The van der Waals surface area contributed by atoms with Gasteiger partial charge in [0.05, 0.1) is 7.11 Å². The van der Waals surface area contributed by atoms with E-state index in [-0.39, 0.29) is 5.75 Å². The number of hydrogen-bond donors (Lipinski definition) is 2. The van der Waals surface area contributed by atoms with E-state index < -0.39 is 0 Å². The predicted octanol–water partition coefficient (Wildman–Crippen LogP) is 0.791. The van der Waals surface area contributed by atoms with Gasteiger partial charge >= 0.3 is 0 Å². The van der Waals surface area contributed by atoms with Gasteiger partial charge < -0.3 is 20.5 Å². The van der Waals surface area contributed by atoms with Crippen LogP contribution in [-0.4, -0.2) is 37.3 Å². The van der Waals surface area contributed by atoms with Gasteiger partial charge in [0.1, 0.15) is 0 Å². The molecule has 0 bridgehead atoms. The van der Waals surface area contributed by atoms with Crippen molar-refractivity contribution in [1.29, 1.82) is 0 Å². The molecule has 0 amide bonds. The van der Waals surface area contributed by atoms with Crippen molar-refractivity contribution < 1.29 is 9.84 Å². The molecule has 0 saturated carbocycles. The molecule has 84 valence electrons. The Bertz CT molecular complexity index is 315. The fourth-order valence-electron chi connectivity index (χ4n) is 1.45. The quantitative estimate of drug-likeness (QED) is 0.754. The highest BCUT2D eigenvalue weighted by molar-refractivity contribution is 5.41. The standard InChI is InChI=1S/C11H18N2O2/c1-13(6-5-12)8-9-3-4-11(15-2)10(14)7-9/h3-4,7,14H,5-6,8,12H2,1-2H3. The molecule has 1 rings (SSSR count). The largest absolute Gasteiger partial charge is 0.504 e. The fourth-order valence-corrected chi connectivity index (χ4v) is 1.45. The third kappa shape index (κ3) is 3.42. The number of hydrogen-bond acceptors (Lipinski definition) is 4. The lowest BCUT2D eigenvalue weighted by molar-refractivity contribution is 0.334. The SMILES string of the molecule is COc1ccc(CN(C)CCN)cc1O. The van der Waals surface area contributed by atoms with E-state index in [1.54, 1.807) is 12.1 Å². The first-order valence-electron chi connectivity index (χ1n) is 4.92. The number of benzene rings is 1. The summed E-state index contributed by atoms with van der Waals surface area (Å²) in [5, 5.41) is 9.57. The van der Waals surface area contributed by atoms with Crippen LogP contribution in [0, 0.1) is 0 Å². The maximum atomic E-state index is 9.57. The van der Waals surface area contributed by atoms with Gasteiger partial charge in [-0.15, -0.1) is 0 Å². The summed E-state index contributed by atoms with van der Waals surface area (Å²) < 4.78 is 4.97. The van der Waals surface area contributed by atoms with Crippen molar-refractivity contribution >= 4 is 0 Å². The molecule has 0 radical (unpaired) electrons. The number of phenolic OH excluding ortho intramolecular Hbond substituents is 1. The Balaban J connectivity index is 2.66. The highest BCUT2D eigenvalue weighted by atomic mass is 16.5. The normalized spacial score (nSPS) is 10.7. The summed E-state index contributed by atoms with van der Waals surface area (Å²) >= 11 is 0. The Labute approximate surface area is 90.3 Å². The van der Waals surface area contributed by atoms with Crippen LogP contribution in [0.3, 0.4) is 0 Å². The van der Waals surface area contributed by atoms with E-state index in [4.69, 9.17) is 10.5 Å². The third-order valence-corrected chi connectivity index (χ3v) is 2.21. The van der Waals surface area contributed by atoms with Gasteiger partial charge in [-0.2, -0.15) is 0 Å². The van der Waals surface area contributed by atoms with E-state index in [0.29, 0.717) is 12.3 Å². The molecule has 4 heteroatoms. The second kappa shape index (κ2) is 5.58. The molecule has 0 aliphatic carbocycles. The molecule has 0 fully saturated rings. The van der Waals surface area contributed by atoms with E-state index in [0.717, 1.165) is 18.7 Å². The summed E-state index contributed by atoms with van der Waals surface area (Å²) in [4.78, 5) is 2.10. The minimum atomic E-state index is 0.177. The number of likely N-dealkylation sites (N-methyl/N-ethyl adjacent to an activating group) is 1. The molecule has 0 aliphatic heterocycles. The molecule has 1 aromatic carbocycles. The van der Waals surface area contributed by atoms with Crippen molar-refractivity contribution in [2.45, 2.75) is 6.54 Å². The smallest absolute Gasteiger partial charge is 0.160 e. The summed E-state index contributed by atoms with van der Waals surface area (Å²) in [6, 6.07) is 5.42. The van der Waals surface area contributed by atoms with Gasteiger partial charge in [-0.3, -0.25) is 0 Å². The number of rotatable bonds is 5. The van der Waals surface area contributed by atoms with E-state index in [1.165, 1.54) is 7.11 Å². The Morgan fingerprint density at radius 1 is 1.47 bits per heavy atom. The zero-order valence-corrected chi connectivity index (χ0v) is 9.23. The Hall–Kier alpha value is -1.26. The van der Waals surface area contributed by atoms with Crippen molar-refractivity contribution in [2.75, 3.05) is 27.2 Å². The lowest BCUT2D eigenvalue weighted by Crippen LogP contribution is -2.24. The molecule has 0 aliphatic rings. The second-order valence-electron chi connectivity index (χ2n) is 3.53. The molecule has 0 saturated heterocycles. The van der Waals surface area contributed by atoms with Gasteiger partial charge in [-0.1, -0.05) is 6.07 Å². The monoisotopic (exact) mass is 210 g/mol. The van der Waals surface area contributed by atoms with E-state index >= 15 is 0 Å². The zero-order chi connectivity index (χ0) is 11.3. The maximum Gasteiger partial charge on any atom is 0.160 e. The summed E-state index contributed by atoms with van der Waals surface area (Å²) in [6.45, 7) is 2.25. The predicted molar refractivity (Wildman–Crippen MR) is 60.0 cm³/mol.